The monoisotopic (exact) mass is 483 g/mol. The lowest BCUT2D eigenvalue weighted by atomic mass is 10.2. The number of nitrogens with zero attached hydrogens (tertiary/aromatic N) is 1. The predicted octanol–water partition coefficient (Wildman–Crippen LogP) is 3.23. The molecule has 1 fully saturated rings. The van der Waals surface area contributed by atoms with Crippen LogP contribution in [0.15, 0.2) is 77.7 Å². The summed E-state index contributed by atoms with van der Waals surface area (Å²) in [7, 11) is 0. The first-order chi connectivity index (χ1) is 17.1. The number of benzene rings is 2. The zero-order chi connectivity index (χ0) is 24.7. The minimum absolute atomic E-state index is 0.0631. The summed E-state index contributed by atoms with van der Waals surface area (Å²) in [6.45, 7) is 1.50. The fraction of sp³-hybridized carbons (Fsp3) is 0.250. The molecule has 0 radical (unpaired) electrons. The second-order valence-corrected chi connectivity index (χ2v) is 6.98. The molecule has 11 heteroatoms. The average Bonchev–Trinajstić information content (AvgIpc) is 3.41. The molecule has 0 unspecified atom stereocenters. The highest BCUT2D eigenvalue weighted by atomic mass is 16.8. The van der Waals surface area contributed by atoms with E-state index in [1.54, 1.807) is 0 Å². The highest BCUT2D eigenvalue weighted by molar-refractivity contribution is 5.83. The van der Waals surface area contributed by atoms with Crippen molar-refractivity contribution in [3.8, 4) is 0 Å². The number of ether oxygens (including phenoxy) is 5. The van der Waals surface area contributed by atoms with E-state index in [-0.39, 0.29) is 25.6 Å². The van der Waals surface area contributed by atoms with Crippen molar-refractivity contribution in [2.45, 2.75) is 19.5 Å². The molecule has 0 saturated carbocycles. The number of nitrogens with one attached hydrogen (secondary N) is 2. The molecule has 0 aliphatic carbocycles. The van der Waals surface area contributed by atoms with Crippen molar-refractivity contribution < 1.29 is 33.3 Å². The van der Waals surface area contributed by atoms with Gasteiger partial charge in [-0.1, -0.05) is 60.7 Å². The molecule has 11 nitrogen and oxygen atoms in total. The van der Waals surface area contributed by atoms with Gasteiger partial charge >= 0.3 is 17.9 Å². The first-order valence-electron chi connectivity index (χ1n) is 10.7. The molecule has 2 heterocycles. The van der Waals surface area contributed by atoms with Gasteiger partial charge in [0, 0.05) is 6.20 Å². The summed E-state index contributed by atoms with van der Waals surface area (Å²) in [5.41, 5.74) is 1.27. The number of H-pyrrole nitrogens is 1. The Bertz CT molecular complexity index is 1100. The molecule has 2 aromatic carbocycles. The molecule has 1 saturated heterocycles. The van der Waals surface area contributed by atoms with Crippen LogP contribution in [0.3, 0.4) is 0 Å². The molecular weight excluding hydrogens is 458 g/mol. The Morgan fingerprint density at radius 2 is 1.49 bits per heavy atom. The average molecular weight is 483 g/mol. The summed E-state index contributed by atoms with van der Waals surface area (Å²) in [4.78, 5) is 39.3. The van der Waals surface area contributed by atoms with Gasteiger partial charge in [-0.25, -0.2) is 19.4 Å². The molecule has 1 aliphatic rings. The lowest BCUT2D eigenvalue weighted by molar-refractivity contribution is -0.0875. The van der Waals surface area contributed by atoms with Gasteiger partial charge in [0.25, 0.3) is 0 Å². The van der Waals surface area contributed by atoms with Crippen molar-refractivity contribution in [2.75, 3.05) is 25.1 Å². The molecule has 0 spiro atoms. The van der Waals surface area contributed by atoms with Crippen LogP contribution in [0.4, 0.5) is 15.4 Å². The van der Waals surface area contributed by atoms with E-state index in [2.05, 4.69) is 15.3 Å². The van der Waals surface area contributed by atoms with E-state index in [9.17, 15) is 14.4 Å². The highest BCUT2D eigenvalue weighted by Crippen LogP contribution is 2.06. The standard InChI is InChI=1S/C12H11N3O3.C12H14O5/c16-11-13-7-6-10(14-11)15-12(17)18-8-9-4-2-1-3-5-9;13-12(17-9-11-14-6-7-15-11)16-8-10-4-2-1-3-5-10/h1-7H,8H2,(H2,13,14,15,16,17);1-5,11H,6-9H2. The Kier molecular flexibility index (Phi) is 10.3. The molecular formula is C24H25N3O8. The number of carbonyl (C=O) groups is 2. The van der Waals surface area contributed by atoms with Crippen molar-refractivity contribution >= 4 is 18.1 Å². The summed E-state index contributed by atoms with van der Waals surface area (Å²) in [5, 5.41) is 2.40. The lowest BCUT2D eigenvalue weighted by Crippen LogP contribution is -2.19. The molecule has 3 aromatic rings. The molecule has 184 valence electrons. The number of amides is 1. The minimum Gasteiger partial charge on any atom is -0.444 e. The van der Waals surface area contributed by atoms with Crippen molar-refractivity contribution in [2.24, 2.45) is 0 Å². The third-order valence-electron chi connectivity index (χ3n) is 4.35. The minimum atomic E-state index is -0.715. The first-order valence-corrected chi connectivity index (χ1v) is 10.7. The van der Waals surface area contributed by atoms with Crippen molar-refractivity contribution in [1.29, 1.82) is 0 Å². The summed E-state index contributed by atoms with van der Waals surface area (Å²) in [6.07, 6.45) is -0.515. The summed E-state index contributed by atoms with van der Waals surface area (Å²) in [6, 6.07) is 20.2. The van der Waals surface area contributed by atoms with Crippen LogP contribution in [0.5, 0.6) is 0 Å². The van der Waals surface area contributed by atoms with E-state index in [1.165, 1.54) is 12.3 Å². The van der Waals surface area contributed by atoms with Crippen molar-refractivity contribution in [1.82, 2.24) is 9.97 Å². The number of carbonyl (C=O) groups excluding carboxylic acids is 2. The number of aromatic amines is 1. The maximum absolute atomic E-state index is 11.4. The second kappa shape index (κ2) is 14.1. The number of rotatable bonds is 7. The van der Waals surface area contributed by atoms with Crippen LogP contribution in [-0.2, 0) is 36.9 Å². The van der Waals surface area contributed by atoms with Gasteiger partial charge in [-0.15, -0.1) is 0 Å². The van der Waals surface area contributed by atoms with Crippen molar-refractivity contribution in [3.05, 3.63) is 94.5 Å². The smallest absolute Gasteiger partial charge is 0.444 e. The molecule has 1 aliphatic heterocycles. The topological polar surface area (TPSA) is 138 Å². The van der Waals surface area contributed by atoms with Crippen LogP contribution >= 0.6 is 0 Å². The summed E-state index contributed by atoms with van der Waals surface area (Å²) in [5.74, 6) is 0.244. The largest absolute Gasteiger partial charge is 0.508 e. The fourth-order valence-corrected chi connectivity index (χ4v) is 2.71. The van der Waals surface area contributed by atoms with Gasteiger partial charge in [0.15, 0.2) is 6.29 Å². The zero-order valence-corrected chi connectivity index (χ0v) is 18.8. The van der Waals surface area contributed by atoms with Crippen LogP contribution in [0.25, 0.3) is 0 Å². The molecule has 35 heavy (non-hydrogen) atoms. The predicted molar refractivity (Wildman–Crippen MR) is 123 cm³/mol. The Morgan fingerprint density at radius 1 is 0.886 bits per heavy atom. The third-order valence-corrected chi connectivity index (χ3v) is 4.35. The van der Waals surface area contributed by atoms with E-state index in [0.717, 1.165) is 11.1 Å². The fourth-order valence-electron chi connectivity index (χ4n) is 2.71. The van der Waals surface area contributed by atoms with Crippen LogP contribution in [0.1, 0.15) is 11.1 Å². The van der Waals surface area contributed by atoms with Crippen LogP contribution < -0.4 is 11.0 Å². The van der Waals surface area contributed by atoms with Gasteiger partial charge in [0.05, 0.1) is 13.2 Å². The van der Waals surface area contributed by atoms with Crippen LogP contribution in [0, 0.1) is 0 Å². The lowest BCUT2D eigenvalue weighted by Gasteiger charge is -2.09. The number of anilines is 1. The first kappa shape index (κ1) is 25.4. The van der Waals surface area contributed by atoms with Gasteiger partial charge in [-0.2, -0.15) is 0 Å². The molecule has 0 bridgehead atoms. The summed E-state index contributed by atoms with van der Waals surface area (Å²) >= 11 is 0. The molecule has 0 atom stereocenters. The van der Waals surface area contributed by atoms with E-state index in [4.69, 9.17) is 23.7 Å². The van der Waals surface area contributed by atoms with E-state index >= 15 is 0 Å². The van der Waals surface area contributed by atoms with Gasteiger partial charge < -0.3 is 23.7 Å². The van der Waals surface area contributed by atoms with E-state index < -0.39 is 24.2 Å². The van der Waals surface area contributed by atoms with Gasteiger partial charge in [0.1, 0.15) is 25.6 Å². The van der Waals surface area contributed by atoms with E-state index in [0.29, 0.717) is 13.2 Å². The van der Waals surface area contributed by atoms with Gasteiger partial charge in [0.2, 0.25) is 0 Å². The number of hydrogen-bond acceptors (Lipinski definition) is 9. The van der Waals surface area contributed by atoms with Gasteiger partial charge in [-0.3, -0.25) is 10.3 Å². The second-order valence-electron chi connectivity index (χ2n) is 6.98. The normalized spacial score (nSPS) is 12.7. The molecule has 1 aromatic heterocycles. The molecule has 1 amide bonds. The Balaban J connectivity index is 0.000000196. The molecule has 2 N–H and O–H groups in total. The van der Waals surface area contributed by atoms with Crippen LogP contribution in [-0.4, -0.2) is 48.3 Å². The zero-order valence-electron chi connectivity index (χ0n) is 18.8. The van der Waals surface area contributed by atoms with Crippen LogP contribution in [0.2, 0.25) is 0 Å². The number of aromatic nitrogens is 2. The van der Waals surface area contributed by atoms with Gasteiger partial charge in [-0.05, 0) is 17.2 Å². The quantitative estimate of drug-likeness (QED) is 0.485. The Labute approximate surface area is 201 Å². The maximum atomic E-state index is 11.4. The SMILES string of the molecule is O=C(Nc1ccnc(=O)[nH]1)OCc1ccccc1.O=C(OCc1ccccc1)OCC1OCCO1. The maximum Gasteiger partial charge on any atom is 0.508 e. The molecule has 4 rings (SSSR count). The third kappa shape index (κ3) is 10.1. The van der Waals surface area contributed by atoms with E-state index in [1.807, 2.05) is 60.7 Å². The van der Waals surface area contributed by atoms with Crippen molar-refractivity contribution in [3.63, 3.8) is 0 Å². The summed E-state index contributed by atoms with van der Waals surface area (Å²) < 4.78 is 25.0. The Hall–Kier alpha value is -4.22. The number of hydrogen-bond donors (Lipinski definition) is 2. The Morgan fingerprint density at radius 3 is 2.09 bits per heavy atom. The highest BCUT2D eigenvalue weighted by Gasteiger charge is 2.18.